The molecule has 0 spiro atoms. The molecule has 0 aromatic heterocycles. The molecule has 1 rings (SSSR count). The highest BCUT2D eigenvalue weighted by Crippen LogP contribution is 2.04. The number of hydrogen-bond acceptors (Lipinski definition) is 1. The molecule has 1 fully saturated rings. The van der Waals surface area contributed by atoms with Crippen LogP contribution >= 0.6 is 0 Å². The van der Waals surface area contributed by atoms with Gasteiger partial charge in [-0.15, -0.1) is 0 Å². The lowest BCUT2D eigenvalue weighted by atomic mass is 10.6. The maximum atomic E-state index is 4.19. The van der Waals surface area contributed by atoms with E-state index in [1.165, 1.54) is 0 Å². The van der Waals surface area contributed by atoms with Crippen molar-refractivity contribution in [2.24, 2.45) is 4.99 Å². The van der Waals surface area contributed by atoms with E-state index in [9.17, 15) is 0 Å². The highest BCUT2D eigenvalue weighted by Gasteiger charge is 2.20. The second kappa shape index (κ2) is 2.90. The standard InChI is InChI=1S/C7H15N3/c1-4-10-6-5-9(3)7(10)8-2/h4-6H2,1-3H3/b8-7+. The molecule has 0 amide bonds. The molecular formula is C7H15N3. The van der Waals surface area contributed by atoms with Crippen molar-refractivity contribution in [1.82, 2.24) is 9.80 Å². The van der Waals surface area contributed by atoms with Crippen molar-refractivity contribution >= 4 is 5.96 Å². The molecule has 0 unspecified atom stereocenters. The first-order valence-electron chi connectivity index (χ1n) is 3.72. The van der Waals surface area contributed by atoms with Gasteiger partial charge in [0, 0.05) is 33.7 Å². The largest absolute Gasteiger partial charge is 0.344 e. The summed E-state index contributed by atoms with van der Waals surface area (Å²) in [6.07, 6.45) is 0. The quantitative estimate of drug-likeness (QED) is 0.521. The normalized spacial score (nSPS) is 22.9. The Morgan fingerprint density at radius 2 is 2.20 bits per heavy atom. The van der Waals surface area contributed by atoms with Gasteiger partial charge in [-0.05, 0) is 6.92 Å². The first kappa shape index (κ1) is 7.38. The van der Waals surface area contributed by atoms with Crippen LogP contribution in [0.3, 0.4) is 0 Å². The third-order valence-corrected chi connectivity index (χ3v) is 1.91. The second-order valence-electron chi connectivity index (χ2n) is 2.52. The van der Waals surface area contributed by atoms with Gasteiger partial charge in [0.2, 0.25) is 0 Å². The molecule has 0 aromatic carbocycles. The van der Waals surface area contributed by atoms with Gasteiger partial charge in [0.25, 0.3) is 0 Å². The number of nitrogens with zero attached hydrogens (tertiary/aromatic N) is 3. The summed E-state index contributed by atoms with van der Waals surface area (Å²) in [5.74, 6) is 1.13. The number of aliphatic imine (C=N–C) groups is 1. The average Bonchev–Trinajstić information content (AvgIpc) is 2.30. The van der Waals surface area contributed by atoms with Crippen molar-refractivity contribution < 1.29 is 0 Å². The van der Waals surface area contributed by atoms with Crippen LogP contribution in [0.15, 0.2) is 4.99 Å². The molecular weight excluding hydrogens is 126 g/mol. The molecule has 1 saturated heterocycles. The number of likely N-dealkylation sites (N-methyl/N-ethyl adjacent to an activating group) is 2. The van der Waals surface area contributed by atoms with Crippen LogP contribution in [0.1, 0.15) is 6.92 Å². The molecule has 0 N–H and O–H groups in total. The highest BCUT2D eigenvalue weighted by atomic mass is 15.4. The average molecular weight is 141 g/mol. The van der Waals surface area contributed by atoms with Gasteiger partial charge < -0.3 is 9.80 Å². The minimum absolute atomic E-state index is 1.07. The summed E-state index contributed by atoms with van der Waals surface area (Å²) in [6, 6.07) is 0. The predicted octanol–water partition coefficient (Wildman–Crippen LogP) is 0.239. The first-order chi connectivity index (χ1) is 4.79. The van der Waals surface area contributed by atoms with Crippen LogP contribution in [0, 0.1) is 0 Å². The third kappa shape index (κ3) is 1.08. The van der Waals surface area contributed by atoms with Crippen LogP contribution in [0.4, 0.5) is 0 Å². The monoisotopic (exact) mass is 141 g/mol. The number of rotatable bonds is 1. The van der Waals surface area contributed by atoms with Gasteiger partial charge in [0.05, 0.1) is 0 Å². The maximum absolute atomic E-state index is 4.19. The fourth-order valence-corrected chi connectivity index (χ4v) is 1.32. The fourth-order valence-electron chi connectivity index (χ4n) is 1.32. The Balaban J connectivity index is 2.64. The summed E-state index contributed by atoms with van der Waals surface area (Å²) >= 11 is 0. The van der Waals surface area contributed by atoms with Crippen LogP contribution in [-0.2, 0) is 0 Å². The van der Waals surface area contributed by atoms with Gasteiger partial charge >= 0.3 is 0 Å². The van der Waals surface area contributed by atoms with Crippen molar-refractivity contribution in [3.05, 3.63) is 0 Å². The molecule has 0 atom stereocenters. The SMILES string of the molecule is CCN1CCN(C)/C1=N\C. The fraction of sp³-hybridized carbons (Fsp3) is 0.857. The Morgan fingerprint density at radius 3 is 2.60 bits per heavy atom. The van der Waals surface area contributed by atoms with Crippen molar-refractivity contribution in [2.75, 3.05) is 33.7 Å². The smallest absolute Gasteiger partial charge is 0.196 e. The zero-order valence-corrected chi connectivity index (χ0v) is 6.96. The molecule has 0 bridgehead atoms. The van der Waals surface area contributed by atoms with Crippen LogP contribution in [0.5, 0.6) is 0 Å². The Hall–Kier alpha value is -0.730. The van der Waals surface area contributed by atoms with Crippen molar-refractivity contribution in [3.63, 3.8) is 0 Å². The third-order valence-electron chi connectivity index (χ3n) is 1.91. The first-order valence-corrected chi connectivity index (χ1v) is 3.72. The lowest BCUT2D eigenvalue weighted by Crippen LogP contribution is -2.30. The maximum Gasteiger partial charge on any atom is 0.196 e. The lowest BCUT2D eigenvalue weighted by molar-refractivity contribution is 0.488. The Labute approximate surface area is 62.3 Å². The van der Waals surface area contributed by atoms with Gasteiger partial charge in [0.1, 0.15) is 0 Å². The zero-order valence-electron chi connectivity index (χ0n) is 6.96. The van der Waals surface area contributed by atoms with E-state index in [1.807, 2.05) is 7.05 Å². The minimum Gasteiger partial charge on any atom is -0.344 e. The van der Waals surface area contributed by atoms with Crippen LogP contribution < -0.4 is 0 Å². The molecule has 1 aliphatic heterocycles. The molecule has 0 aromatic rings. The summed E-state index contributed by atoms with van der Waals surface area (Å²) in [5, 5.41) is 0. The molecule has 1 heterocycles. The Kier molecular flexibility index (Phi) is 2.14. The van der Waals surface area contributed by atoms with E-state index in [0.717, 1.165) is 25.6 Å². The molecule has 58 valence electrons. The van der Waals surface area contributed by atoms with E-state index in [2.05, 4.69) is 28.8 Å². The summed E-state index contributed by atoms with van der Waals surface area (Å²) in [4.78, 5) is 8.65. The topological polar surface area (TPSA) is 18.8 Å². The van der Waals surface area contributed by atoms with Crippen molar-refractivity contribution in [3.8, 4) is 0 Å². The molecule has 0 saturated carbocycles. The van der Waals surface area contributed by atoms with E-state index < -0.39 is 0 Å². The summed E-state index contributed by atoms with van der Waals surface area (Å²) in [7, 11) is 3.93. The van der Waals surface area contributed by atoms with Gasteiger partial charge in [-0.3, -0.25) is 4.99 Å². The molecule has 10 heavy (non-hydrogen) atoms. The number of hydrogen-bond donors (Lipinski definition) is 0. The molecule has 1 aliphatic rings. The van der Waals surface area contributed by atoms with E-state index in [4.69, 9.17) is 0 Å². The Morgan fingerprint density at radius 1 is 1.50 bits per heavy atom. The minimum atomic E-state index is 1.07. The molecule has 0 aliphatic carbocycles. The van der Waals surface area contributed by atoms with Gasteiger partial charge in [-0.2, -0.15) is 0 Å². The summed E-state index contributed by atoms with van der Waals surface area (Å²) in [6.45, 7) is 5.46. The summed E-state index contributed by atoms with van der Waals surface area (Å²) in [5.41, 5.74) is 0. The van der Waals surface area contributed by atoms with Crippen LogP contribution in [0.25, 0.3) is 0 Å². The second-order valence-corrected chi connectivity index (χ2v) is 2.52. The van der Waals surface area contributed by atoms with Gasteiger partial charge in [-0.25, -0.2) is 0 Å². The van der Waals surface area contributed by atoms with Gasteiger partial charge in [-0.1, -0.05) is 0 Å². The van der Waals surface area contributed by atoms with Crippen molar-refractivity contribution in [2.45, 2.75) is 6.92 Å². The predicted molar refractivity (Wildman–Crippen MR) is 43.2 cm³/mol. The Bertz CT molecular complexity index is 142. The molecule has 3 nitrogen and oxygen atoms in total. The van der Waals surface area contributed by atoms with Gasteiger partial charge in [0.15, 0.2) is 5.96 Å². The van der Waals surface area contributed by atoms with E-state index in [1.54, 1.807) is 0 Å². The van der Waals surface area contributed by atoms with Crippen LogP contribution in [0.2, 0.25) is 0 Å². The molecule has 0 radical (unpaired) electrons. The zero-order chi connectivity index (χ0) is 7.56. The molecule has 3 heteroatoms. The highest BCUT2D eigenvalue weighted by molar-refractivity contribution is 5.81. The van der Waals surface area contributed by atoms with E-state index in [0.29, 0.717) is 0 Å². The lowest BCUT2D eigenvalue weighted by Gasteiger charge is -2.17. The van der Waals surface area contributed by atoms with Crippen molar-refractivity contribution in [1.29, 1.82) is 0 Å². The van der Waals surface area contributed by atoms with E-state index in [-0.39, 0.29) is 0 Å². The summed E-state index contributed by atoms with van der Waals surface area (Å²) < 4.78 is 0. The van der Waals surface area contributed by atoms with Crippen LogP contribution in [-0.4, -0.2) is 49.5 Å². The number of guanidine groups is 1. The van der Waals surface area contributed by atoms with E-state index >= 15 is 0 Å².